The highest BCUT2D eigenvalue weighted by Crippen LogP contribution is 1.89. The van der Waals surface area contributed by atoms with Gasteiger partial charge in [-0.25, -0.2) is 0 Å². The van der Waals surface area contributed by atoms with Crippen molar-refractivity contribution in [3.05, 3.63) is 22.2 Å². The van der Waals surface area contributed by atoms with Gasteiger partial charge in [-0.05, 0) is 0 Å². The van der Waals surface area contributed by atoms with Gasteiger partial charge < -0.3 is 15.6 Å². The maximum atomic E-state index is 10.6. The second-order valence-electron chi connectivity index (χ2n) is 2.16. The molecule has 0 aliphatic heterocycles. The molecule has 1 heterocycles. The Bertz CT molecular complexity index is 314. The molecule has 6 nitrogen and oxygen atoms in total. The summed E-state index contributed by atoms with van der Waals surface area (Å²) in [6, 6.07) is 1.26. The van der Waals surface area contributed by atoms with Crippen LogP contribution in [0.25, 0.3) is 0 Å². The Balaban J connectivity index is 2.43. The van der Waals surface area contributed by atoms with Crippen molar-refractivity contribution in [3.8, 4) is 0 Å². The molecule has 0 radical (unpaired) electrons. The third kappa shape index (κ3) is 2.24. The number of H-pyrrole nitrogens is 1. The van der Waals surface area contributed by atoms with Gasteiger partial charge in [0.25, 0.3) is 5.56 Å². The monoisotopic (exact) mass is 171 g/mol. The van der Waals surface area contributed by atoms with Gasteiger partial charge in [0.1, 0.15) is 0 Å². The minimum absolute atomic E-state index is 0.0747. The summed E-state index contributed by atoms with van der Waals surface area (Å²) in [4.78, 5) is 21.1. The first-order valence-electron chi connectivity index (χ1n) is 3.36. The second kappa shape index (κ2) is 3.72. The van der Waals surface area contributed by atoms with Crippen LogP contribution in [0, 0.1) is 0 Å². The number of aromatic amines is 1. The van der Waals surface area contributed by atoms with Gasteiger partial charge in [-0.2, -0.15) is 5.16 Å². The summed E-state index contributed by atoms with van der Waals surface area (Å²) >= 11 is 0. The van der Waals surface area contributed by atoms with E-state index >= 15 is 0 Å². The van der Waals surface area contributed by atoms with Gasteiger partial charge in [0.15, 0.2) is 5.76 Å². The normalized spacial score (nSPS) is 9.75. The third-order valence-corrected chi connectivity index (χ3v) is 1.22. The Morgan fingerprint density at radius 2 is 2.50 bits per heavy atom. The molecule has 0 aromatic carbocycles. The minimum atomic E-state index is -0.327. The van der Waals surface area contributed by atoms with E-state index in [1.807, 2.05) is 0 Å². The molecular weight excluding hydrogens is 162 g/mol. The Hall–Kier alpha value is -1.56. The molecule has 0 bridgehead atoms. The van der Waals surface area contributed by atoms with Crippen molar-refractivity contribution in [2.45, 2.75) is 6.54 Å². The summed E-state index contributed by atoms with van der Waals surface area (Å²) in [7, 11) is 0. The minimum Gasteiger partial charge on any atom is -0.382 e. The molecule has 0 aliphatic carbocycles. The van der Waals surface area contributed by atoms with Crippen molar-refractivity contribution in [2.75, 3.05) is 6.54 Å². The summed E-state index contributed by atoms with van der Waals surface area (Å²) in [6.07, 6.45) is 0. The third-order valence-electron chi connectivity index (χ3n) is 1.22. The molecule has 0 atom stereocenters. The number of carbonyl (C=O) groups is 1. The van der Waals surface area contributed by atoms with Gasteiger partial charge in [-0.3, -0.25) is 9.59 Å². The first kappa shape index (κ1) is 8.54. The number of nitrogens with two attached hydrogens (primary N) is 1. The molecule has 1 amide bonds. The summed E-state index contributed by atoms with van der Waals surface area (Å²) in [5, 5.41) is 4.54. The standard InChI is InChI=1S/C6H9N3O3/c7-2-6(11)8-3-4-1-5(10)9-12-4/h1H,2-3,7H2,(H,8,11)(H,9,10). The molecule has 0 saturated heterocycles. The molecule has 66 valence electrons. The van der Waals surface area contributed by atoms with E-state index < -0.39 is 0 Å². The SMILES string of the molecule is NCC(=O)NCc1cc(=O)[nH]o1. The van der Waals surface area contributed by atoms with Gasteiger partial charge in [0, 0.05) is 6.07 Å². The molecule has 0 unspecified atom stereocenters. The van der Waals surface area contributed by atoms with E-state index in [-0.39, 0.29) is 24.6 Å². The van der Waals surface area contributed by atoms with E-state index in [0.717, 1.165) is 0 Å². The number of hydrogen-bond donors (Lipinski definition) is 3. The number of nitrogens with one attached hydrogen (secondary N) is 2. The smallest absolute Gasteiger partial charge is 0.280 e. The average molecular weight is 171 g/mol. The number of rotatable bonds is 3. The Kier molecular flexibility index (Phi) is 2.65. The van der Waals surface area contributed by atoms with Crippen LogP contribution in [0.4, 0.5) is 0 Å². The van der Waals surface area contributed by atoms with Crippen LogP contribution in [0.1, 0.15) is 5.76 Å². The molecule has 1 aromatic heterocycles. The van der Waals surface area contributed by atoms with Crippen LogP contribution < -0.4 is 16.6 Å². The molecule has 4 N–H and O–H groups in total. The van der Waals surface area contributed by atoms with Crippen molar-refractivity contribution in [1.82, 2.24) is 10.5 Å². The Morgan fingerprint density at radius 3 is 3.00 bits per heavy atom. The zero-order chi connectivity index (χ0) is 8.97. The van der Waals surface area contributed by atoms with E-state index in [2.05, 4.69) is 15.0 Å². The summed E-state index contributed by atoms with van der Waals surface area (Å²) < 4.78 is 4.67. The van der Waals surface area contributed by atoms with E-state index in [1.54, 1.807) is 0 Å². The lowest BCUT2D eigenvalue weighted by Gasteiger charge is -1.97. The average Bonchev–Trinajstić information content (AvgIpc) is 2.47. The van der Waals surface area contributed by atoms with Crippen LogP contribution in [-0.4, -0.2) is 17.6 Å². The van der Waals surface area contributed by atoms with E-state index in [0.29, 0.717) is 5.76 Å². The predicted molar refractivity (Wildman–Crippen MR) is 40.2 cm³/mol. The van der Waals surface area contributed by atoms with Gasteiger partial charge in [-0.15, -0.1) is 0 Å². The molecule has 0 saturated carbocycles. The lowest BCUT2D eigenvalue weighted by molar-refractivity contribution is -0.119. The lowest BCUT2D eigenvalue weighted by Crippen LogP contribution is -2.29. The van der Waals surface area contributed by atoms with Crippen molar-refractivity contribution >= 4 is 5.91 Å². The Morgan fingerprint density at radius 1 is 1.75 bits per heavy atom. The molecule has 0 aliphatic rings. The first-order chi connectivity index (χ1) is 5.72. The molecule has 6 heteroatoms. The molecule has 1 aromatic rings. The molecule has 0 spiro atoms. The topological polar surface area (TPSA) is 101 Å². The Labute approximate surface area is 67.7 Å². The summed E-state index contributed by atoms with van der Waals surface area (Å²) in [6.45, 7) is 0.101. The van der Waals surface area contributed by atoms with Crippen molar-refractivity contribution in [3.63, 3.8) is 0 Å². The van der Waals surface area contributed by atoms with Crippen LogP contribution in [0.5, 0.6) is 0 Å². The van der Waals surface area contributed by atoms with Crippen molar-refractivity contribution < 1.29 is 9.32 Å². The van der Waals surface area contributed by atoms with Crippen LogP contribution in [0.3, 0.4) is 0 Å². The molecule has 1 rings (SSSR count). The number of aromatic nitrogens is 1. The molecule has 0 fully saturated rings. The molecular formula is C6H9N3O3. The summed E-state index contributed by atoms with van der Waals surface area (Å²) in [5.74, 6) is 0.0839. The number of hydrogen-bond acceptors (Lipinski definition) is 4. The zero-order valence-electron chi connectivity index (χ0n) is 6.29. The van der Waals surface area contributed by atoms with E-state index in [4.69, 9.17) is 5.73 Å². The van der Waals surface area contributed by atoms with Crippen LogP contribution in [0.2, 0.25) is 0 Å². The fraction of sp³-hybridized carbons (Fsp3) is 0.333. The lowest BCUT2D eigenvalue weighted by atomic mass is 10.4. The highest BCUT2D eigenvalue weighted by Gasteiger charge is 2.01. The largest absolute Gasteiger partial charge is 0.382 e. The van der Waals surface area contributed by atoms with Gasteiger partial charge >= 0.3 is 0 Å². The van der Waals surface area contributed by atoms with E-state index in [9.17, 15) is 9.59 Å². The zero-order valence-corrected chi connectivity index (χ0v) is 6.29. The highest BCUT2D eigenvalue weighted by atomic mass is 16.5. The molecule has 12 heavy (non-hydrogen) atoms. The summed E-state index contributed by atoms with van der Waals surface area (Å²) in [5.41, 5.74) is 4.70. The quantitative estimate of drug-likeness (QED) is 0.517. The van der Waals surface area contributed by atoms with Crippen molar-refractivity contribution in [1.29, 1.82) is 0 Å². The fourth-order valence-electron chi connectivity index (χ4n) is 0.666. The van der Waals surface area contributed by atoms with Crippen molar-refractivity contribution in [2.24, 2.45) is 5.73 Å². The maximum Gasteiger partial charge on any atom is 0.280 e. The highest BCUT2D eigenvalue weighted by molar-refractivity contribution is 5.77. The first-order valence-corrected chi connectivity index (χ1v) is 3.36. The number of amides is 1. The van der Waals surface area contributed by atoms with Gasteiger partial charge in [0.2, 0.25) is 5.91 Å². The maximum absolute atomic E-state index is 10.6. The van der Waals surface area contributed by atoms with Gasteiger partial charge in [-0.1, -0.05) is 0 Å². The van der Waals surface area contributed by atoms with Gasteiger partial charge in [0.05, 0.1) is 13.1 Å². The predicted octanol–water partition coefficient (Wildman–Crippen LogP) is -1.46. The number of carbonyl (C=O) groups excluding carboxylic acids is 1. The van der Waals surface area contributed by atoms with Crippen LogP contribution in [-0.2, 0) is 11.3 Å². The van der Waals surface area contributed by atoms with Crippen LogP contribution in [0.15, 0.2) is 15.4 Å². The van der Waals surface area contributed by atoms with Crippen LogP contribution >= 0.6 is 0 Å². The fourth-order valence-corrected chi connectivity index (χ4v) is 0.666. The second-order valence-corrected chi connectivity index (χ2v) is 2.16. The van der Waals surface area contributed by atoms with E-state index in [1.165, 1.54) is 6.07 Å².